The van der Waals surface area contributed by atoms with Crippen molar-refractivity contribution < 1.29 is 0 Å². The third-order valence-electron chi connectivity index (χ3n) is 6.62. The van der Waals surface area contributed by atoms with Crippen LogP contribution >= 0.6 is 0 Å². The molecule has 190 valence electrons. The van der Waals surface area contributed by atoms with Crippen LogP contribution in [0.25, 0.3) is 28.3 Å². The first-order valence-corrected chi connectivity index (χ1v) is 12.9. The largest absolute Gasteiger partial charge is 0.334 e. The summed E-state index contributed by atoms with van der Waals surface area (Å²) in [6, 6.07) is 14.1. The van der Waals surface area contributed by atoms with Gasteiger partial charge in [0.2, 0.25) is 0 Å². The van der Waals surface area contributed by atoms with E-state index >= 15 is 0 Å². The molecule has 4 heterocycles. The van der Waals surface area contributed by atoms with Gasteiger partial charge in [0.1, 0.15) is 5.82 Å². The van der Waals surface area contributed by atoms with E-state index in [-0.39, 0.29) is 5.69 Å². The lowest BCUT2D eigenvalue weighted by atomic mass is 10.0. The highest BCUT2D eigenvalue weighted by Crippen LogP contribution is 2.25. The van der Waals surface area contributed by atoms with Crippen molar-refractivity contribution in [2.45, 2.75) is 59.5 Å². The highest BCUT2D eigenvalue weighted by Gasteiger charge is 2.17. The first-order chi connectivity index (χ1) is 18.1. The SMILES string of the molecule is CCCCc1cn(-c2c(C)ccn2CCC)c(=O)n1Cc1cc(-c2cccc(-c3nnn[nH]3)c2)ccn1. The second-order valence-electron chi connectivity index (χ2n) is 9.34. The number of hydrogen-bond acceptors (Lipinski definition) is 5. The molecule has 0 fully saturated rings. The van der Waals surface area contributed by atoms with Crippen LogP contribution in [0.5, 0.6) is 0 Å². The minimum absolute atomic E-state index is 0.0303. The molecule has 0 saturated heterocycles. The van der Waals surface area contributed by atoms with Gasteiger partial charge in [0, 0.05) is 36.4 Å². The van der Waals surface area contributed by atoms with E-state index in [4.69, 9.17) is 0 Å². The number of aromatic amines is 1. The Morgan fingerprint density at radius 2 is 1.84 bits per heavy atom. The Labute approximate surface area is 215 Å². The van der Waals surface area contributed by atoms with E-state index in [1.54, 1.807) is 6.20 Å². The molecular formula is C28H32N8O. The Hall–Kier alpha value is -4.27. The number of rotatable bonds is 10. The van der Waals surface area contributed by atoms with Gasteiger partial charge in [0.05, 0.1) is 12.2 Å². The molecule has 0 aliphatic carbocycles. The van der Waals surface area contributed by atoms with Gasteiger partial charge in [-0.15, -0.1) is 5.10 Å². The van der Waals surface area contributed by atoms with Crippen LogP contribution in [0.2, 0.25) is 0 Å². The third kappa shape index (κ3) is 5.02. The highest BCUT2D eigenvalue weighted by molar-refractivity contribution is 5.70. The van der Waals surface area contributed by atoms with Crippen LogP contribution in [-0.2, 0) is 19.5 Å². The lowest BCUT2D eigenvalue weighted by molar-refractivity contribution is 0.640. The molecule has 5 rings (SSSR count). The Balaban J connectivity index is 1.51. The second-order valence-corrected chi connectivity index (χ2v) is 9.34. The Morgan fingerprint density at radius 3 is 2.62 bits per heavy atom. The predicted molar refractivity (Wildman–Crippen MR) is 144 cm³/mol. The minimum Gasteiger partial charge on any atom is -0.334 e. The number of benzene rings is 1. The zero-order chi connectivity index (χ0) is 25.8. The van der Waals surface area contributed by atoms with Gasteiger partial charge in [-0.2, -0.15) is 0 Å². The average molecular weight is 497 g/mol. The summed E-state index contributed by atoms with van der Waals surface area (Å²) in [7, 11) is 0. The van der Waals surface area contributed by atoms with Gasteiger partial charge in [-0.1, -0.05) is 38.5 Å². The second kappa shape index (κ2) is 10.8. The monoisotopic (exact) mass is 496 g/mol. The van der Waals surface area contributed by atoms with Gasteiger partial charge in [-0.25, -0.2) is 9.89 Å². The van der Waals surface area contributed by atoms with Crippen molar-refractivity contribution in [2.24, 2.45) is 0 Å². The normalized spacial score (nSPS) is 11.3. The van der Waals surface area contributed by atoms with Crippen LogP contribution in [0, 0.1) is 6.92 Å². The summed E-state index contributed by atoms with van der Waals surface area (Å²) in [5.41, 5.74) is 5.89. The summed E-state index contributed by atoms with van der Waals surface area (Å²) in [5, 5.41) is 14.2. The molecule has 0 aliphatic rings. The van der Waals surface area contributed by atoms with Gasteiger partial charge in [-0.3, -0.25) is 14.1 Å². The Morgan fingerprint density at radius 1 is 1.00 bits per heavy atom. The van der Waals surface area contributed by atoms with Gasteiger partial charge >= 0.3 is 5.69 Å². The summed E-state index contributed by atoms with van der Waals surface area (Å²) >= 11 is 0. The summed E-state index contributed by atoms with van der Waals surface area (Å²) in [5.74, 6) is 1.57. The molecule has 0 unspecified atom stereocenters. The minimum atomic E-state index is -0.0303. The zero-order valence-corrected chi connectivity index (χ0v) is 21.6. The lowest BCUT2D eigenvalue weighted by Crippen LogP contribution is -2.26. The number of aryl methyl sites for hydroxylation is 3. The quantitative estimate of drug-likeness (QED) is 0.300. The number of tetrazole rings is 1. The molecule has 1 aromatic carbocycles. The lowest BCUT2D eigenvalue weighted by Gasteiger charge is -2.10. The van der Waals surface area contributed by atoms with Crippen molar-refractivity contribution in [3.63, 3.8) is 0 Å². The van der Waals surface area contributed by atoms with Gasteiger partial charge in [-0.05, 0) is 77.6 Å². The van der Waals surface area contributed by atoms with Gasteiger partial charge in [0.15, 0.2) is 5.82 Å². The van der Waals surface area contributed by atoms with Crippen LogP contribution in [0.1, 0.15) is 50.1 Å². The molecule has 37 heavy (non-hydrogen) atoms. The van der Waals surface area contributed by atoms with Crippen molar-refractivity contribution in [2.75, 3.05) is 0 Å². The smallest absolute Gasteiger partial charge is 0.334 e. The number of H-pyrrole nitrogens is 1. The molecule has 9 nitrogen and oxygen atoms in total. The molecule has 9 heteroatoms. The standard InChI is InChI=1S/C28H32N8O/c1-4-6-10-25-19-36(27-20(3)12-15-34(27)14-5-2)28(37)35(25)18-24-17-22(11-13-29-24)21-8-7-9-23(16-21)26-30-32-33-31-26/h7-9,11-13,15-17,19H,4-6,10,14,18H2,1-3H3,(H,30,31,32,33). The predicted octanol–water partition coefficient (Wildman–Crippen LogP) is 4.79. The average Bonchev–Trinajstić information content (AvgIpc) is 3.65. The molecule has 0 amide bonds. The number of nitrogens with one attached hydrogen (secondary N) is 1. The Bertz CT molecular complexity index is 1540. The van der Waals surface area contributed by atoms with Crippen LogP contribution < -0.4 is 5.69 Å². The molecule has 0 aliphatic heterocycles. The maximum Gasteiger partial charge on any atom is 0.334 e. The molecule has 4 aromatic heterocycles. The molecule has 0 bridgehead atoms. The number of unbranched alkanes of at least 4 members (excludes halogenated alkanes) is 1. The molecular weight excluding hydrogens is 464 g/mol. The van der Waals surface area contributed by atoms with E-state index < -0.39 is 0 Å². The fraction of sp³-hybridized carbons (Fsp3) is 0.321. The topological polar surface area (TPSA) is 99.2 Å². The third-order valence-corrected chi connectivity index (χ3v) is 6.62. The molecule has 0 radical (unpaired) electrons. The molecule has 0 saturated carbocycles. The number of imidazole rings is 1. The van der Waals surface area contributed by atoms with Crippen LogP contribution in [0.4, 0.5) is 0 Å². The fourth-order valence-electron chi connectivity index (χ4n) is 4.76. The van der Waals surface area contributed by atoms with E-state index in [2.05, 4.69) is 69.3 Å². The first-order valence-electron chi connectivity index (χ1n) is 12.9. The van der Waals surface area contributed by atoms with Crippen molar-refractivity contribution in [1.29, 1.82) is 0 Å². The maximum atomic E-state index is 13.8. The van der Waals surface area contributed by atoms with Crippen LogP contribution in [0.3, 0.4) is 0 Å². The van der Waals surface area contributed by atoms with E-state index in [9.17, 15) is 4.79 Å². The van der Waals surface area contributed by atoms with Gasteiger partial charge < -0.3 is 4.57 Å². The maximum absolute atomic E-state index is 13.8. The van der Waals surface area contributed by atoms with E-state index in [0.29, 0.717) is 12.4 Å². The fourth-order valence-corrected chi connectivity index (χ4v) is 4.76. The first kappa shape index (κ1) is 24.4. The van der Waals surface area contributed by atoms with Crippen LogP contribution in [-0.4, -0.2) is 39.3 Å². The van der Waals surface area contributed by atoms with Crippen molar-refractivity contribution in [3.05, 3.63) is 88.5 Å². The summed E-state index contributed by atoms with van der Waals surface area (Å²) in [6.07, 6.45) is 9.83. The number of aromatic nitrogens is 8. The summed E-state index contributed by atoms with van der Waals surface area (Å²) in [4.78, 5) is 18.4. The van der Waals surface area contributed by atoms with E-state index in [0.717, 1.165) is 71.7 Å². The van der Waals surface area contributed by atoms with Crippen molar-refractivity contribution in [3.8, 4) is 28.3 Å². The molecule has 5 aromatic rings. The molecule has 0 atom stereocenters. The zero-order valence-electron chi connectivity index (χ0n) is 21.6. The van der Waals surface area contributed by atoms with E-state index in [1.807, 2.05) is 45.7 Å². The van der Waals surface area contributed by atoms with Gasteiger partial charge in [0.25, 0.3) is 0 Å². The van der Waals surface area contributed by atoms with Crippen molar-refractivity contribution in [1.82, 2.24) is 39.3 Å². The molecule has 1 N–H and O–H groups in total. The number of nitrogens with zero attached hydrogens (tertiary/aromatic N) is 7. The Kier molecular flexibility index (Phi) is 7.11. The van der Waals surface area contributed by atoms with Crippen LogP contribution in [0.15, 0.2) is 65.8 Å². The summed E-state index contributed by atoms with van der Waals surface area (Å²) in [6.45, 7) is 7.67. The number of hydrogen-bond donors (Lipinski definition) is 1. The number of pyridine rings is 1. The van der Waals surface area contributed by atoms with E-state index in [1.165, 1.54) is 0 Å². The molecule has 0 spiro atoms. The van der Waals surface area contributed by atoms with Crippen molar-refractivity contribution >= 4 is 0 Å². The summed E-state index contributed by atoms with van der Waals surface area (Å²) < 4.78 is 5.86. The highest BCUT2D eigenvalue weighted by atomic mass is 16.1.